The minimum absolute atomic E-state index is 0.216. The molecule has 0 bridgehead atoms. The van der Waals surface area contributed by atoms with Gasteiger partial charge >= 0.3 is 5.97 Å². The number of carboxylic acid groups (broad SMARTS) is 1. The molecule has 5 heteroatoms. The van der Waals surface area contributed by atoms with Crippen LogP contribution in [0.4, 0.5) is 5.69 Å². The summed E-state index contributed by atoms with van der Waals surface area (Å²) >= 11 is 6.18. The molecule has 0 saturated carbocycles. The molecule has 2 atom stereocenters. The van der Waals surface area contributed by atoms with Crippen molar-refractivity contribution >= 4 is 23.3 Å². The van der Waals surface area contributed by atoms with Gasteiger partial charge in [0.25, 0.3) is 0 Å². The zero-order chi connectivity index (χ0) is 20.3. The zero-order valence-electron chi connectivity index (χ0n) is 16.8. The van der Waals surface area contributed by atoms with Crippen LogP contribution in [0.1, 0.15) is 48.1 Å². The summed E-state index contributed by atoms with van der Waals surface area (Å²) in [6.45, 7) is 8.57. The van der Waals surface area contributed by atoms with E-state index in [1.54, 1.807) is 0 Å². The van der Waals surface area contributed by atoms with Crippen LogP contribution < -0.4 is 5.32 Å². The highest BCUT2D eigenvalue weighted by molar-refractivity contribution is 6.31. The van der Waals surface area contributed by atoms with E-state index in [9.17, 15) is 9.90 Å². The minimum atomic E-state index is -0.682. The fourth-order valence-corrected chi connectivity index (χ4v) is 4.10. The molecule has 1 fully saturated rings. The molecular formula is C23H29ClN2O2. The zero-order valence-corrected chi connectivity index (χ0v) is 17.6. The highest BCUT2D eigenvalue weighted by Gasteiger charge is 2.27. The predicted octanol–water partition coefficient (Wildman–Crippen LogP) is 5.43. The second kappa shape index (κ2) is 8.97. The molecule has 0 aliphatic carbocycles. The quantitative estimate of drug-likeness (QED) is 0.650. The molecule has 0 amide bonds. The number of carbonyl (C=O) groups is 1. The van der Waals surface area contributed by atoms with E-state index in [0.717, 1.165) is 42.2 Å². The second-order valence-corrected chi connectivity index (χ2v) is 8.29. The van der Waals surface area contributed by atoms with Crippen LogP contribution in [0.5, 0.6) is 0 Å². The van der Waals surface area contributed by atoms with Gasteiger partial charge in [-0.25, -0.2) is 0 Å². The first kappa shape index (κ1) is 20.7. The topological polar surface area (TPSA) is 52.6 Å². The van der Waals surface area contributed by atoms with Crippen molar-refractivity contribution in [3.8, 4) is 0 Å². The number of aliphatic carboxylic acids is 1. The molecule has 2 unspecified atom stereocenters. The SMILES string of the molecule is CCC(Nc1cc(C)cc(CN2CCC(C(=O)O)C2)c1)c1ccc(Cl)c(C)c1. The normalized spacial score (nSPS) is 18.2. The lowest BCUT2D eigenvalue weighted by Crippen LogP contribution is -2.23. The number of nitrogens with zero attached hydrogens (tertiary/aromatic N) is 1. The van der Waals surface area contributed by atoms with Gasteiger partial charge in [-0.15, -0.1) is 0 Å². The summed E-state index contributed by atoms with van der Waals surface area (Å²) in [5, 5.41) is 13.7. The Morgan fingerprint density at radius 2 is 2.07 bits per heavy atom. The maximum absolute atomic E-state index is 11.2. The highest BCUT2D eigenvalue weighted by atomic mass is 35.5. The molecule has 1 aliphatic heterocycles. The van der Waals surface area contributed by atoms with Gasteiger partial charge in [-0.2, -0.15) is 0 Å². The van der Waals surface area contributed by atoms with Gasteiger partial charge in [0, 0.05) is 23.8 Å². The van der Waals surface area contributed by atoms with Crippen molar-refractivity contribution in [2.24, 2.45) is 5.92 Å². The van der Waals surface area contributed by atoms with Crippen LogP contribution in [0.25, 0.3) is 0 Å². The van der Waals surface area contributed by atoms with Crippen molar-refractivity contribution in [2.45, 2.75) is 46.2 Å². The Bertz CT molecular complexity index is 852. The van der Waals surface area contributed by atoms with E-state index in [-0.39, 0.29) is 12.0 Å². The van der Waals surface area contributed by atoms with Crippen LogP contribution in [0.3, 0.4) is 0 Å². The molecule has 150 valence electrons. The Kier molecular flexibility index (Phi) is 6.63. The summed E-state index contributed by atoms with van der Waals surface area (Å²) in [5.74, 6) is -0.918. The highest BCUT2D eigenvalue weighted by Crippen LogP contribution is 2.28. The molecule has 2 aromatic rings. The number of anilines is 1. The number of rotatable bonds is 7. The van der Waals surface area contributed by atoms with Crippen molar-refractivity contribution < 1.29 is 9.90 Å². The Morgan fingerprint density at radius 1 is 1.29 bits per heavy atom. The smallest absolute Gasteiger partial charge is 0.307 e. The summed E-state index contributed by atoms with van der Waals surface area (Å²) in [5.41, 5.74) is 5.85. The van der Waals surface area contributed by atoms with Gasteiger partial charge < -0.3 is 10.4 Å². The third-order valence-electron chi connectivity index (χ3n) is 5.50. The van der Waals surface area contributed by atoms with Gasteiger partial charge in [0.2, 0.25) is 0 Å². The van der Waals surface area contributed by atoms with Crippen LogP contribution in [-0.4, -0.2) is 29.1 Å². The first-order valence-corrected chi connectivity index (χ1v) is 10.3. The van der Waals surface area contributed by atoms with Gasteiger partial charge in [-0.1, -0.05) is 36.7 Å². The minimum Gasteiger partial charge on any atom is -0.481 e. The van der Waals surface area contributed by atoms with Crippen molar-refractivity contribution in [1.82, 2.24) is 4.90 Å². The number of halogens is 1. The van der Waals surface area contributed by atoms with E-state index in [1.807, 2.05) is 13.0 Å². The third-order valence-corrected chi connectivity index (χ3v) is 5.92. The first-order valence-electron chi connectivity index (χ1n) is 9.94. The van der Waals surface area contributed by atoms with Crippen LogP contribution in [0.2, 0.25) is 5.02 Å². The standard InChI is InChI=1S/C23H29ClN2O2/c1-4-22(18-5-6-21(24)16(3)11-18)25-20-10-15(2)9-17(12-20)13-26-8-7-19(14-26)23(27)28/h5-6,9-12,19,22,25H,4,7-8,13-14H2,1-3H3,(H,27,28). The molecule has 1 aliphatic rings. The average molecular weight is 401 g/mol. The summed E-state index contributed by atoms with van der Waals surface area (Å²) < 4.78 is 0. The number of hydrogen-bond acceptors (Lipinski definition) is 3. The van der Waals surface area contributed by atoms with Crippen LogP contribution in [-0.2, 0) is 11.3 Å². The van der Waals surface area contributed by atoms with Crippen molar-refractivity contribution in [3.05, 3.63) is 63.7 Å². The Hall–Kier alpha value is -2.04. The third kappa shape index (κ3) is 5.06. The molecule has 3 rings (SSSR count). The summed E-state index contributed by atoms with van der Waals surface area (Å²) in [4.78, 5) is 13.4. The van der Waals surface area contributed by atoms with Crippen LogP contribution in [0.15, 0.2) is 36.4 Å². The molecule has 1 saturated heterocycles. The molecule has 2 aromatic carbocycles. The fraction of sp³-hybridized carbons (Fsp3) is 0.435. The predicted molar refractivity (Wildman–Crippen MR) is 115 cm³/mol. The lowest BCUT2D eigenvalue weighted by atomic mass is 10.0. The van der Waals surface area contributed by atoms with Crippen LogP contribution in [0, 0.1) is 19.8 Å². The number of likely N-dealkylation sites (tertiary alicyclic amines) is 1. The van der Waals surface area contributed by atoms with Crippen molar-refractivity contribution in [1.29, 1.82) is 0 Å². The molecule has 1 heterocycles. The monoisotopic (exact) mass is 400 g/mol. The Morgan fingerprint density at radius 3 is 2.71 bits per heavy atom. The molecule has 0 spiro atoms. The molecule has 0 aromatic heterocycles. The number of nitrogens with one attached hydrogen (secondary N) is 1. The van der Waals surface area contributed by atoms with Gasteiger partial charge in [0.15, 0.2) is 0 Å². The molecule has 28 heavy (non-hydrogen) atoms. The number of benzene rings is 2. The van der Waals surface area contributed by atoms with Gasteiger partial charge in [0.1, 0.15) is 0 Å². The number of aryl methyl sites for hydroxylation is 2. The first-order chi connectivity index (χ1) is 13.4. The van der Waals surface area contributed by atoms with Gasteiger partial charge in [0.05, 0.1) is 12.0 Å². The summed E-state index contributed by atoms with van der Waals surface area (Å²) in [6, 6.07) is 13.0. The molecule has 2 N–H and O–H groups in total. The maximum atomic E-state index is 11.2. The van der Waals surface area contributed by atoms with Crippen LogP contribution >= 0.6 is 11.6 Å². The number of hydrogen-bond donors (Lipinski definition) is 2. The molecule has 0 radical (unpaired) electrons. The largest absolute Gasteiger partial charge is 0.481 e. The van der Waals surface area contributed by atoms with Gasteiger partial charge in [-0.05, 0) is 73.7 Å². The molecule has 4 nitrogen and oxygen atoms in total. The van der Waals surface area contributed by atoms with E-state index in [0.29, 0.717) is 6.54 Å². The Balaban J connectivity index is 1.73. The second-order valence-electron chi connectivity index (χ2n) is 7.88. The summed E-state index contributed by atoms with van der Waals surface area (Å²) in [7, 11) is 0. The Labute approximate surface area is 172 Å². The lowest BCUT2D eigenvalue weighted by Gasteiger charge is -2.22. The lowest BCUT2D eigenvalue weighted by molar-refractivity contribution is -0.141. The van der Waals surface area contributed by atoms with Crippen molar-refractivity contribution in [2.75, 3.05) is 18.4 Å². The van der Waals surface area contributed by atoms with E-state index >= 15 is 0 Å². The summed E-state index contributed by atoms with van der Waals surface area (Å²) in [6.07, 6.45) is 1.71. The number of carboxylic acids is 1. The fourth-order valence-electron chi connectivity index (χ4n) is 3.98. The average Bonchev–Trinajstić information content (AvgIpc) is 3.10. The van der Waals surface area contributed by atoms with E-state index < -0.39 is 5.97 Å². The van der Waals surface area contributed by atoms with E-state index in [2.05, 4.69) is 54.4 Å². The van der Waals surface area contributed by atoms with E-state index in [4.69, 9.17) is 11.6 Å². The van der Waals surface area contributed by atoms with E-state index in [1.165, 1.54) is 16.7 Å². The van der Waals surface area contributed by atoms with Gasteiger partial charge in [-0.3, -0.25) is 9.69 Å². The van der Waals surface area contributed by atoms with Crippen molar-refractivity contribution in [3.63, 3.8) is 0 Å². The maximum Gasteiger partial charge on any atom is 0.307 e. The molecular weight excluding hydrogens is 372 g/mol.